The second kappa shape index (κ2) is 3.61. The third-order valence-corrected chi connectivity index (χ3v) is 4.84. The first kappa shape index (κ1) is 10.9. The summed E-state index contributed by atoms with van der Waals surface area (Å²) in [6.45, 7) is 0. The molecule has 1 aliphatic heterocycles. The van der Waals surface area contributed by atoms with Gasteiger partial charge in [-0.1, -0.05) is 0 Å². The second-order valence-electron chi connectivity index (χ2n) is 3.90. The predicted octanol–water partition coefficient (Wildman–Crippen LogP) is 1.88. The summed E-state index contributed by atoms with van der Waals surface area (Å²) in [5.74, 6) is 1.77. The number of rotatable bonds is 1. The summed E-state index contributed by atoms with van der Waals surface area (Å²) >= 11 is 1.62. The van der Waals surface area contributed by atoms with Crippen molar-refractivity contribution < 1.29 is 8.42 Å². The molecule has 1 aliphatic rings. The predicted molar refractivity (Wildman–Crippen MR) is 66.2 cm³/mol. The standard InChI is InChI=1S/C11H10N2O2S2/c1-17(14,15)8-2-3-9-10(6-8)16-7-11-12-4-5-13(9)11/h2-6H,7H2,1H3. The summed E-state index contributed by atoms with van der Waals surface area (Å²) in [6, 6.07) is 5.21. The van der Waals surface area contributed by atoms with Gasteiger partial charge in [-0.05, 0) is 18.2 Å². The van der Waals surface area contributed by atoms with Gasteiger partial charge in [0.25, 0.3) is 0 Å². The first-order chi connectivity index (χ1) is 8.05. The van der Waals surface area contributed by atoms with Crippen LogP contribution in [0.5, 0.6) is 0 Å². The molecule has 0 atom stereocenters. The fraction of sp³-hybridized carbons (Fsp3) is 0.182. The smallest absolute Gasteiger partial charge is 0.175 e. The molecule has 0 saturated carbocycles. The molecule has 0 unspecified atom stereocenters. The van der Waals surface area contributed by atoms with Crippen LogP contribution in [0.3, 0.4) is 0 Å². The topological polar surface area (TPSA) is 52.0 Å². The van der Waals surface area contributed by atoms with Crippen molar-refractivity contribution in [2.45, 2.75) is 15.5 Å². The van der Waals surface area contributed by atoms with Crippen LogP contribution in [0.2, 0.25) is 0 Å². The van der Waals surface area contributed by atoms with Crippen LogP contribution in [-0.2, 0) is 15.6 Å². The van der Waals surface area contributed by atoms with Gasteiger partial charge in [-0.25, -0.2) is 13.4 Å². The molecule has 17 heavy (non-hydrogen) atoms. The van der Waals surface area contributed by atoms with Crippen LogP contribution in [0.1, 0.15) is 5.82 Å². The summed E-state index contributed by atoms with van der Waals surface area (Å²) in [5, 5.41) is 0. The lowest BCUT2D eigenvalue weighted by Gasteiger charge is -2.18. The molecule has 0 N–H and O–H groups in total. The number of fused-ring (bicyclic) bond motifs is 3. The Bertz CT molecular complexity index is 689. The highest BCUT2D eigenvalue weighted by Gasteiger charge is 2.18. The number of hydrogen-bond donors (Lipinski definition) is 0. The molecule has 0 fully saturated rings. The van der Waals surface area contributed by atoms with Gasteiger partial charge in [-0.15, -0.1) is 11.8 Å². The Morgan fingerprint density at radius 2 is 2.24 bits per heavy atom. The van der Waals surface area contributed by atoms with Crippen molar-refractivity contribution in [3.8, 4) is 5.69 Å². The molecule has 2 heterocycles. The normalized spacial score (nSPS) is 14.2. The maximum absolute atomic E-state index is 11.5. The minimum atomic E-state index is -3.14. The maximum Gasteiger partial charge on any atom is 0.175 e. The summed E-state index contributed by atoms with van der Waals surface area (Å²) < 4.78 is 25.0. The number of thioether (sulfide) groups is 1. The average Bonchev–Trinajstić information content (AvgIpc) is 2.75. The van der Waals surface area contributed by atoms with Crippen molar-refractivity contribution in [1.82, 2.24) is 9.55 Å². The van der Waals surface area contributed by atoms with Gasteiger partial charge in [0, 0.05) is 23.5 Å². The van der Waals surface area contributed by atoms with Crippen LogP contribution in [0, 0.1) is 0 Å². The Morgan fingerprint density at radius 3 is 3.00 bits per heavy atom. The molecule has 0 spiro atoms. The highest BCUT2D eigenvalue weighted by Crippen LogP contribution is 2.35. The zero-order chi connectivity index (χ0) is 12.0. The van der Waals surface area contributed by atoms with E-state index < -0.39 is 9.84 Å². The first-order valence-corrected chi connectivity index (χ1v) is 7.93. The highest BCUT2D eigenvalue weighted by molar-refractivity contribution is 7.98. The molecular formula is C11H10N2O2S2. The second-order valence-corrected chi connectivity index (χ2v) is 6.94. The minimum absolute atomic E-state index is 0.368. The molecule has 3 rings (SSSR count). The summed E-state index contributed by atoms with van der Waals surface area (Å²) in [4.78, 5) is 5.60. The summed E-state index contributed by atoms with van der Waals surface area (Å²) in [6.07, 6.45) is 4.88. The number of sulfone groups is 1. The zero-order valence-electron chi connectivity index (χ0n) is 9.12. The van der Waals surface area contributed by atoms with Crippen molar-refractivity contribution in [3.63, 3.8) is 0 Å². The fourth-order valence-corrected chi connectivity index (χ4v) is 3.59. The molecule has 6 heteroatoms. The van der Waals surface area contributed by atoms with Crippen LogP contribution in [-0.4, -0.2) is 24.2 Å². The molecule has 0 saturated heterocycles. The van der Waals surface area contributed by atoms with Crippen molar-refractivity contribution >= 4 is 21.6 Å². The Morgan fingerprint density at radius 1 is 1.41 bits per heavy atom. The van der Waals surface area contributed by atoms with Crippen LogP contribution < -0.4 is 0 Å². The quantitative estimate of drug-likeness (QED) is 0.791. The van der Waals surface area contributed by atoms with Gasteiger partial charge in [0.2, 0.25) is 0 Å². The van der Waals surface area contributed by atoms with E-state index in [2.05, 4.69) is 4.98 Å². The van der Waals surface area contributed by atoms with E-state index in [1.54, 1.807) is 30.1 Å². The largest absolute Gasteiger partial charge is 0.302 e. The Kier molecular flexibility index (Phi) is 2.31. The van der Waals surface area contributed by atoms with Crippen molar-refractivity contribution in [2.24, 2.45) is 0 Å². The van der Waals surface area contributed by atoms with Gasteiger partial charge in [-0.2, -0.15) is 0 Å². The highest BCUT2D eigenvalue weighted by atomic mass is 32.2. The lowest BCUT2D eigenvalue weighted by molar-refractivity contribution is 0.601. The number of nitrogens with zero attached hydrogens (tertiary/aromatic N) is 2. The summed E-state index contributed by atoms with van der Waals surface area (Å²) in [7, 11) is -3.14. The third kappa shape index (κ3) is 1.77. The Balaban J connectivity index is 2.20. The van der Waals surface area contributed by atoms with E-state index in [0.717, 1.165) is 22.2 Å². The molecule has 88 valence electrons. The van der Waals surface area contributed by atoms with Gasteiger partial charge in [0.05, 0.1) is 16.3 Å². The monoisotopic (exact) mass is 266 g/mol. The fourth-order valence-electron chi connectivity index (χ4n) is 1.84. The molecule has 0 amide bonds. The number of aromatic nitrogens is 2. The van der Waals surface area contributed by atoms with Crippen LogP contribution >= 0.6 is 11.8 Å². The van der Waals surface area contributed by atoms with Gasteiger partial charge in [0.1, 0.15) is 5.82 Å². The average molecular weight is 266 g/mol. The van der Waals surface area contributed by atoms with Crippen molar-refractivity contribution in [3.05, 3.63) is 36.4 Å². The minimum Gasteiger partial charge on any atom is -0.302 e. The third-order valence-electron chi connectivity index (χ3n) is 2.69. The molecule has 1 aromatic heterocycles. The van der Waals surface area contributed by atoms with Gasteiger partial charge in [-0.3, -0.25) is 0 Å². The lowest BCUT2D eigenvalue weighted by atomic mass is 10.3. The Labute approximate surface area is 104 Å². The first-order valence-electron chi connectivity index (χ1n) is 5.05. The van der Waals surface area contributed by atoms with Gasteiger partial charge in [0.15, 0.2) is 9.84 Å². The maximum atomic E-state index is 11.5. The molecule has 1 aromatic carbocycles. The summed E-state index contributed by atoms with van der Waals surface area (Å²) in [5.41, 5.74) is 1.00. The van der Waals surface area contributed by atoms with Crippen LogP contribution in [0.4, 0.5) is 0 Å². The van der Waals surface area contributed by atoms with Crippen molar-refractivity contribution in [2.75, 3.05) is 6.26 Å². The van der Waals surface area contributed by atoms with Gasteiger partial charge >= 0.3 is 0 Å². The van der Waals surface area contributed by atoms with E-state index in [1.165, 1.54) is 6.26 Å². The number of benzene rings is 1. The number of hydrogen-bond acceptors (Lipinski definition) is 4. The Hall–Kier alpha value is -1.27. The van der Waals surface area contributed by atoms with Crippen LogP contribution in [0.15, 0.2) is 40.4 Å². The molecule has 2 aromatic rings. The van der Waals surface area contributed by atoms with Crippen molar-refractivity contribution in [1.29, 1.82) is 0 Å². The van der Waals surface area contributed by atoms with E-state index in [-0.39, 0.29) is 0 Å². The molecular weight excluding hydrogens is 256 g/mol. The number of imidazole rings is 1. The van der Waals surface area contributed by atoms with E-state index in [0.29, 0.717) is 4.90 Å². The van der Waals surface area contributed by atoms with Gasteiger partial charge < -0.3 is 4.57 Å². The van der Waals surface area contributed by atoms with E-state index in [9.17, 15) is 8.42 Å². The lowest BCUT2D eigenvalue weighted by Crippen LogP contribution is -2.07. The SMILES string of the molecule is CS(=O)(=O)c1ccc2c(c1)SCc1nccn1-2. The molecule has 0 bridgehead atoms. The van der Waals surface area contributed by atoms with E-state index in [4.69, 9.17) is 0 Å². The molecule has 4 nitrogen and oxygen atoms in total. The van der Waals surface area contributed by atoms with E-state index in [1.807, 2.05) is 16.8 Å². The van der Waals surface area contributed by atoms with E-state index >= 15 is 0 Å². The molecule has 0 aliphatic carbocycles. The zero-order valence-corrected chi connectivity index (χ0v) is 10.8. The molecule has 0 radical (unpaired) electrons. The van der Waals surface area contributed by atoms with Crippen LogP contribution in [0.25, 0.3) is 5.69 Å².